The molecule has 0 unspecified atom stereocenters. The molecule has 0 aliphatic rings. The van der Waals surface area contributed by atoms with E-state index in [2.05, 4.69) is 17.3 Å². The lowest BCUT2D eigenvalue weighted by molar-refractivity contribution is -0.389. The molecular weight excluding hydrogens is 284 g/mol. The largest absolute Gasteiger partial charge is 0.390 e. The number of aromatic nitrogens is 2. The summed E-state index contributed by atoms with van der Waals surface area (Å²) in [6.07, 6.45) is 1.15. The van der Waals surface area contributed by atoms with Gasteiger partial charge >= 0.3 is 5.82 Å². The zero-order chi connectivity index (χ0) is 16.1. The maximum absolute atomic E-state index is 11.9. The van der Waals surface area contributed by atoms with Crippen LogP contribution < -0.4 is 5.32 Å². The van der Waals surface area contributed by atoms with Gasteiger partial charge in [-0.15, -0.1) is 0 Å². The fourth-order valence-corrected chi connectivity index (χ4v) is 2.06. The number of benzene rings is 1. The van der Waals surface area contributed by atoms with Crippen LogP contribution in [-0.2, 0) is 17.8 Å². The highest BCUT2D eigenvalue weighted by Gasteiger charge is 2.15. The first kappa shape index (κ1) is 15.7. The Balaban J connectivity index is 1.90. The van der Waals surface area contributed by atoms with E-state index < -0.39 is 4.92 Å². The Labute approximate surface area is 128 Å². The second kappa shape index (κ2) is 6.84. The average Bonchev–Trinajstić information content (AvgIpc) is 2.87. The summed E-state index contributed by atoms with van der Waals surface area (Å²) in [6.45, 7) is 4.10. The van der Waals surface area contributed by atoms with Crippen molar-refractivity contribution in [1.29, 1.82) is 0 Å². The quantitative estimate of drug-likeness (QED) is 0.656. The van der Waals surface area contributed by atoms with Gasteiger partial charge in [-0.05, 0) is 36.0 Å². The third-order valence-electron chi connectivity index (χ3n) is 3.35. The first-order chi connectivity index (χ1) is 10.5. The molecule has 0 radical (unpaired) electrons. The molecule has 116 valence electrons. The second-order valence-electron chi connectivity index (χ2n) is 4.97. The van der Waals surface area contributed by atoms with E-state index in [1.165, 1.54) is 16.3 Å². The van der Waals surface area contributed by atoms with Crippen LogP contribution in [0.3, 0.4) is 0 Å². The number of carbonyl (C=O) groups is 1. The van der Waals surface area contributed by atoms with Crippen molar-refractivity contribution in [3.63, 3.8) is 0 Å². The average molecular weight is 302 g/mol. The summed E-state index contributed by atoms with van der Waals surface area (Å²) in [5.41, 5.74) is 2.61. The maximum atomic E-state index is 11.9. The smallest absolute Gasteiger partial charge is 0.358 e. The van der Waals surface area contributed by atoms with Crippen LogP contribution in [-0.4, -0.2) is 20.6 Å². The van der Waals surface area contributed by atoms with Crippen molar-refractivity contribution in [2.45, 2.75) is 33.2 Å². The van der Waals surface area contributed by atoms with E-state index >= 15 is 0 Å². The van der Waals surface area contributed by atoms with Gasteiger partial charge in [-0.2, -0.15) is 4.68 Å². The van der Waals surface area contributed by atoms with Crippen molar-refractivity contribution in [2.24, 2.45) is 0 Å². The van der Waals surface area contributed by atoms with Crippen molar-refractivity contribution < 1.29 is 9.72 Å². The highest BCUT2D eigenvalue weighted by atomic mass is 16.6. The molecule has 0 atom stereocenters. The van der Waals surface area contributed by atoms with Crippen LogP contribution in [0, 0.1) is 17.0 Å². The number of nitrogens with one attached hydrogen (secondary N) is 1. The molecule has 0 aliphatic carbocycles. The molecule has 22 heavy (non-hydrogen) atoms. The lowest BCUT2D eigenvalue weighted by atomic mass is 10.1. The standard InChI is InChI=1S/C15H18N4O3/c1-3-12-4-6-13(7-5-12)16-15(20)8-9-18-11(2)10-14(17-18)19(21)22/h4-7,10H,3,8-9H2,1-2H3,(H,16,20). The van der Waals surface area contributed by atoms with Gasteiger partial charge in [-0.3, -0.25) is 4.79 Å². The number of rotatable bonds is 6. The molecular formula is C15H18N4O3. The van der Waals surface area contributed by atoms with Crippen LogP contribution >= 0.6 is 0 Å². The Bertz CT molecular complexity index is 677. The van der Waals surface area contributed by atoms with E-state index in [4.69, 9.17) is 0 Å². The van der Waals surface area contributed by atoms with Gasteiger partial charge in [0, 0.05) is 12.1 Å². The van der Waals surface area contributed by atoms with Crippen molar-refractivity contribution in [3.8, 4) is 0 Å². The maximum Gasteiger partial charge on any atom is 0.390 e. The number of amides is 1. The lowest BCUT2D eigenvalue weighted by Gasteiger charge is -2.05. The fraction of sp³-hybridized carbons (Fsp3) is 0.333. The van der Waals surface area contributed by atoms with Gasteiger partial charge in [0.15, 0.2) is 0 Å². The van der Waals surface area contributed by atoms with E-state index in [-0.39, 0.29) is 18.1 Å². The fourth-order valence-electron chi connectivity index (χ4n) is 2.06. The predicted molar refractivity (Wildman–Crippen MR) is 82.7 cm³/mol. The van der Waals surface area contributed by atoms with Crippen molar-refractivity contribution in [3.05, 3.63) is 51.7 Å². The van der Waals surface area contributed by atoms with Crippen LogP contribution in [0.15, 0.2) is 30.3 Å². The van der Waals surface area contributed by atoms with Crippen LogP contribution in [0.4, 0.5) is 11.5 Å². The third-order valence-corrected chi connectivity index (χ3v) is 3.35. The summed E-state index contributed by atoms with van der Waals surface area (Å²) >= 11 is 0. The SMILES string of the molecule is CCc1ccc(NC(=O)CCn2nc([N+](=O)[O-])cc2C)cc1. The number of anilines is 1. The Morgan fingerprint density at radius 2 is 2.05 bits per heavy atom. The minimum atomic E-state index is -0.543. The Kier molecular flexibility index (Phi) is 4.88. The molecule has 1 aromatic heterocycles. The predicted octanol–water partition coefficient (Wildman–Crippen LogP) is 2.69. The normalized spacial score (nSPS) is 10.5. The van der Waals surface area contributed by atoms with Gasteiger partial charge in [-0.1, -0.05) is 19.1 Å². The van der Waals surface area contributed by atoms with Gasteiger partial charge in [0.1, 0.15) is 0 Å². The zero-order valence-electron chi connectivity index (χ0n) is 12.6. The summed E-state index contributed by atoms with van der Waals surface area (Å²) < 4.78 is 1.47. The van der Waals surface area contributed by atoms with Gasteiger partial charge in [0.25, 0.3) is 0 Å². The number of nitrogens with zero attached hydrogens (tertiary/aromatic N) is 3. The molecule has 2 aromatic rings. The lowest BCUT2D eigenvalue weighted by Crippen LogP contribution is -2.15. The molecule has 7 heteroatoms. The summed E-state index contributed by atoms with van der Waals surface area (Å²) in [5, 5.41) is 17.3. The number of hydrogen-bond acceptors (Lipinski definition) is 4. The Morgan fingerprint density at radius 3 is 2.59 bits per heavy atom. The van der Waals surface area contributed by atoms with Crippen LogP contribution in [0.25, 0.3) is 0 Å². The van der Waals surface area contributed by atoms with Gasteiger partial charge in [0.05, 0.1) is 23.4 Å². The summed E-state index contributed by atoms with van der Waals surface area (Å²) in [7, 11) is 0. The van der Waals surface area contributed by atoms with Crippen LogP contribution in [0.2, 0.25) is 0 Å². The number of nitro groups is 1. The Morgan fingerprint density at radius 1 is 1.36 bits per heavy atom. The minimum absolute atomic E-state index is 0.151. The monoisotopic (exact) mass is 302 g/mol. The number of carbonyl (C=O) groups excluding carboxylic acids is 1. The van der Waals surface area contributed by atoms with Gasteiger partial charge in [0.2, 0.25) is 5.91 Å². The molecule has 1 aromatic carbocycles. The van der Waals surface area contributed by atoms with E-state index in [0.717, 1.165) is 12.1 Å². The van der Waals surface area contributed by atoms with E-state index in [1.54, 1.807) is 6.92 Å². The van der Waals surface area contributed by atoms with E-state index in [1.807, 2.05) is 24.3 Å². The molecule has 0 bridgehead atoms. The summed E-state index contributed by atoms with van der Waals surface area (Å²) in [4.78, 5) is 22.0. The molecule has 1 N–H and O–H groups in total. The molecule has 0 saturated carbocycles. The topological polar surface area (TPSA) is 90.1 Å². The first-order valence-electron chi connectivity index (χ1n) is 7.07. The molecule has 0 fully saturated rings. The molecule has 0 saturated heterocycles. The second-order valence-corrected chi connectivity index (χ2v) is 4.97. The Hall–Kier alpha value is -2.70. The summed E-state index contributed by atoms with van der Waals surface area (Å²) in [6, 6.07) is 9.05. The first-order valence-corrected chi connectivity index (χ1v) is 7.07. The van der Waals surface area contributed by atoms with Crippen molar-refractivity contribution in [2.75, 3.05) is 5.32 Å². The van der Waals surface area contributed by atoms with Gasteiger partial charge in [-0.25, -0.2) is 0 Å². The molecule has 0 spiro atoms. The van der Waals surface area contributed by atoms with E-state index in [0.29, 0.717) is 12.2 Å². The van der Waals surface area contributed by atoms with E-state index in [9.17, 15) is 14.9 Å². The van der Waals surface area contributed by atoms with Crippen molar-refractivity contribution >= 4 is 17.4 Å². The molecule has 1 amide bonds. The zero-order valence-corrected chi connectivity index (χ0v) is 12.6. The number of aryl methyl sites for hydroxylation is 3. The highest BCUT2D eigenvalue weighted by molar-refractivity contribution is 5.90. The highest BCUT2D eigenvalue weighted by Crippen LogP contribution is 2.13. The summed E-state index contributed by atoms with van der Waals surface area (Å²) in [5.74, 6) is -0.352. The molecule has 2 rings (SSSR count). The van der Waals surface area contributed by atoms with Crippen LogP contribution in [0.1, 0.15) is 24.6 Å². The molecule has 1 heterocycles. The molecule has 7 nitrogen and oxygen atoms in total. The molecule has 0 aliphatic heterocycles. The minimum Gasteiger partial charge on any atom is -0.358 e. The number of hydrogen-bond donors (Lipinski definition) is 1. The van der Waals surface area contributed by atoms with Crippen molar-refractivity contribution in [1.82, 2.24) is 9.78 Å². The van der Waals surface area contributed by atoms with Crippen LogP contribution in [0.5, 0.6) is 0 Å². The third kappa shape index (κ3) is 3.91. The van der Waals surface area contributed by atoms with Gasteiger partial charge < -0.3 is 15.4 Å².